The van der Waals surface area contributed by atoms with Gasteiger partial charge in [0.2, 0.25) is 0 Å². The highest BCUT2D eigenvalue weighted by Crippen LogP contribution is 2.18. The minimum Gasteiger partial charge on any atom is -0.392 e. The van der Waals surface area contributed by atoms with Gasteiger partial charge in [-0.15, -0.1) is 0 Å². The summed E-state index contributed by atoms with van der Waals surface area (Å²) in [6, 6.07) is 15.8. The molecular formula is C14H12N2O. The first-order chi connectivity index (χ1) is 8.38. The standard InChI is InChI=1S/C14H12N2O/c17-10-11-4-3-6-13(8-11)16-14-7-2-1-5-12(14)9-15-16/h1-9,17H,10H2. The van der Waals surface area contributed by atoms with Crippen LogP contribution in [-0.4, -0.2) is 14.9 Å². The summed E-state index contributed by atoms with van der Waals surface area (Å²) >= 11 is 0. The third kappa shape index (κ3) is 1.70. The maximum Gasteiger partial charge on any atom is 0.0741 e. The van der Waals surface area contributed by atoms with E-state index in [1.807, 2.05) is 59.4 Å². The second-order valence-corrected chi connectivity index (χ2v) is 3.94. The van der Waals surface area contributed by atoms with Crippen molar-refractivity contribution in [3.8, 4) is 5.69 Å². The Morgan fingerprint density at radius 1 is 1.06 bits per heavy atom. The predicted octanol–water partition coefficient (Wildman–Crippen LogP) is 2.52. The van der Waals surface area contributed by atoms with Crippen LogP contribution in [0.5, 0.6) is 0 Å². The molecule has 3 heteroatoms. The lowest BCUT2D eigenvalue weighted by Crippen LogP contribution is -1.96. The molecule has 0 saturated heterocycles. The molecule has 84 valence electrons. The maximum atomic E-state index is 9.14. The normalized spacial score (nSPS) is 10.9. The van der Waals surface area contributed by atoms with Crippen LogP contribution >= 0.6 is 0 Å². The number of aromatic nitrogens is 2. The monoisotopic (exact) mass is 224 g/mol. The molecule has 0 aliphatic carbocycles. The summed E-state index contributed by atoms with van der Waals surface area (Å²) in [5.41, 5.74) is 2.93. The van der Waals surface area contributed by atoms with Crippen LogP contribution in [0.25, 0.3) is 16.6 Å². The Hall–Kier alpha value is -2.13. The van der Waals surface area contributed by atoms with Gasteiger partial charge in [-0.05, 0) is 23.8 Å². The van der Waals surface area contributed by atoms with Gasteiger partial charge in [-0.1, -0.05) is 30.3 Å². The molecule has 0 unspecified atom stereocenters. The van der Waals surface area contributed by atoms with E-state index in [4.69, 9.17) is 5.11 Å². The highest BCUT2D eigenvalue weighted by molar-refractivity contribution is 5.80. The number of hydrogen-bond acceptors (Lipinski definition) is 2. The molecule has 1 aromatic heterocycles. The Kier molecular flexibility index (Phi) is 2.38. The van der Waals surface area contributed by atoms with Crippen LogP contribution in [0.15, 0.2) is 54.7 Å². The van der Waals surface area contributed by atoms with Crippen LogP contribution in [0.3, 0.4) is 0 Å². The van der Waals surface area contributed by atoms with Gasteiger partial charge in [0.1, 0.15) is 0 Å². The lowest BCUT2D eigenvalue weighted by molar-refractivity contribution is 0.282. The van der Waals surface area contributed by atoms with Gasteiger partial charge < -0.3 is 5.11 Å². The van der Waals surface area contributed by atoms with Crippen molar-refractivity contribution in [2.45, 2.75) is 6.61 Å². The number of aliphatic hydroxyl groups is 1. The first-order valence-electron chi connectivity index (χ1n) is 5.51. The van der Waals surface area contributed by atoms with Crippen LogP contribution in [0.4, 0.5) is 0 Å². The van der Waals surface area contributed by atoms with Crippen LogP contribution in [0, 0.1) is 0 Å². The van der Waals surface area contributed by atoms with E-state index in [1.165, 1.54) is 0 Å². The van der Waals surface area contributed by atoms with Gasteiger partial charge in [-0.3, -0.25) is 0 Å². The van der Waals surface area contributed by atoms with Crippen molar-refractivity contribution in [2.24, 2.45) is 0 Å². The van der Waals surface area contributed by atoms with E-state index in [0.717, 1.165) is 22.2 Å². The van der Waals surface area contributed by atoms with E-state index >= 15 is 0 Å². The summed E-state index contributed by atoms with van der Waals surface area (Å²) in [5, 5.41) is 14.6. The summed E-state index contributed by atoms with van der Waals surface area (Å²) in [6.07, 6.45) is 1.85. The Morgan fingerprint density at radius 3 is 2.82 bits per heavy atom. The topological polar surface area (TPSA) is 38.0 Å². The highest BCUT2D eigenvalue weighted by Gasteiger charge is 2.04. The largest absolute Gasteiger partial charge is 0.392 e. The van der Waals surface area contributed by atoms with E-state index in [2.05, 4.69) is 5.10 Å². The van der Waals surface area contributed by atoms with Gasteiger partial charge in [0.25, 0.3) is 0 Å². The van der Waals surface area contributed by atoms with Crippen LogP contribution < -0.4 is 0 Å². The van der Waals surface area contributed by atoms with Crippen LogP contribution in [-0.2, 0) is 6.61 Å². The fourth-order valence-electron chi connectivity index (χ4n) is 1.96. The van der Waals surface area contributed by atoms with Gasteiger partial charge in [-0.2, -0.15) is 5.10 Å². The average molecular weight is 224 g/mol. The van der Waals surface area contributed by atoms with E-state index < -0.39 is 0 Å². The Labute approximate surface area is 98.9 Å². The first kappa shape index (κ1) is 10.1. The molecule has 3 nitrogen and oxygen atoms in total. The molecule has 2 aromatic carbocycles. The Bertz CT molecular complexity index is 658. The van der Waals surface area contributed by atoms with Crippen molar-refractivity contribution in [1.82, 2.24) is 9.78 Å². The molecule has 0 fully saturated rings. The first-order valence-corrected chi connectivity index (χ1v) is 5.51. The number of para-hydroxylation sites is 1. The van der Waals surface area contributed by atoms with E-state index in [0.29, 0.717) is 0 Å². The highest BCUT2D eigenvalue weighted by atomic mass is 16.3. The van der Waals surface area contributed by atoms with Gasteiger partial charge in [0.05, 0.1) is 24.0 Å². The van der Waals surface area contributed by atoms with Crippen molar-refractivity contribution >= 4 is 10.9 Å². The molecular weight excluding hydrogens is 212 g/mol. The van der Waals surface area contributed by atoms with Crippen molar-refractivity contribution in [3.63, 3.8) is 0 Å². The zero-order chi connectivity index (χ0) is 11.7. The predicted molar refractivity (Wildman–Crippen MR) is 67.0 cm³/mol. The van der Waals surface area contributed by atoms with Crippen molar-refractivity contribution in [3.05, 3.63) is 60.3 Å². The summed E-state index contributed by atoms with van der Waals surface area (Å²) in [7, 11) is 0. The Balaban J connectivity index is 2.20. The van der Waals surface area contributed by atoms with Crippen LogP contribution in [0.1, 0.15) is 5.56 Å². The van der Waals surface area contributed by atoms with E-state index in [-0.39, 0.29) is 6.61 Å². The molecule has 1 N–H and O–H groups in total. The zero-order valence-corrected chi connectivity index (χ0v) is 9.24. The molecule has 0 amide bonds. The fraction of sp³-hybridized carbons (Fsp3) is 0.0714. The van der Waals surface area contributed by atoms with Crippen molar-refractivity contribution < 1.29 is 5.11 Å². The number of nitrogens with zero attached hydrogens (tertiary/aromatic N) is 2. The van der Waals surface area contributed by atoms with Gasteiger partial charge in [0, 0.05) is 5.39 Å². The molecule has 0 saturated carbocycles. The summed E-state index contributed by atoms with van der Waals surface area (Å²) < 4.78 is 1.88. The zero-order valence-electron chi connectivity index (χ0n) is 9.24. The quantitative estimate of drug-likeness (QED) is 0.726. The lowest BCUT2D eigenvalue weighted by atomic mass is 10.2. The molecule has 0 aliphatic rings. The third-order valence-electron chi connectivity index (χ3n) is 2.81. The second kappa shape index (κ2) is 4.03. The number of fused-ring (bicyclic) bond motifs is 1. The van der Waals surface area contributed by atoms with Crippen molar-refractivity contribution in [1.29, 1.82) is 0 Å². The summed E-state index contributed by atoms with van der Waals surface area (Å²) in [5.74, 6) is 0. The Morgan fingerprint density at radius 2 is 1.94 bits per heavy atom. The molecule has 0 bridgehead atoms. The average Bonchev–Trinajstić information content (AvgIpc) is 2.82. The fourth-order valence-corrected chi connectivity index (χ4v) is 1.96. The maximum absolute atomic E-state index is 9.14. The molecule has 0 radical (unpaired) electrons. The number of rotatable bonds is 2. The second-order valence-electron chi connectivity index (χ2n) is 3.94. The summed E-state index contributed by atoms with van der Waals surface area (Å²) in [4.78, 5) is 0. The number of benzene rings is 2. The molecule has 1 heterocycles. The van der Waals surface area contributed by atoms with Gasteiger partial charge in [-0.25, -0.2) is 4.68 Å². The third-order valence-corrected chi connectivity index (χ3v) is 2.81. The van der Waals surface area contributed by atoms with Crippen LogP contribution in [0.2, 0.25) is 0 Å². The number of hydrogen-bond donors (Lipinski definition) is 1. The lowest BCUT2D eigenvalue weighted by Gasteiger charge is -2.05. The smallest absolute Gasteiger partial charge is 0.0741 e. The molecule has 3 rings (SSSR count). The minimum absolute atomic E-state index is 0.0487. The molecule has 17 heavy (non-hydrogen) atoms. The van der Waals surface area contributed by atoms with Crippen molar-refractivity contribution in [2.75, 3.05) is 0 Å². The van der Waals surface area contributed by atoms with Gasteiger partial charge >= 0.3 is 0 Å². The number of aliphatic hydroxyl groups excluding tert-OH is 1. The molecule has 0 atom stereocenters. The SMILES string of the molecule is OCc1cccc(-n2ncc3ccccc32)c1. The summed E-state index contributed by atoms with van der Waals surface area (Å²) in [6.45, 7) is 0.0487. The molecule has 0 spiro atoms. The van der Waals surface area contributed by atoms with E-state index in [1.54, 1.807) is 0 Å². The molecule has 0 aliphatic heterocycles. The molecule has 3 aromatic rings. The van der Waals surface area contributed by atoms with E-state index in [9.17, 15) is 0 Å². The van der Waals surface area contributed by atoms with Gasteiger partial charge in [0.15, 0.2) is 0 Å². The minimum atomic E-state index is 0.0487.